The Hall–Kier alpha value is -4.52. The van der Waals surface area contributed by atoms with E-state index in [4.69, 9.17) is 9.47 Å². The predicted molar refractivity (Wildman–Crippen MR) is 127 cm³/mol. The number of hydrogen-bond donors (Lipinski definition) is 2. The number of nitrogens with zero attached hydrogens (tertiary/aromatic N) is 2. The van der Waals surface area contributed by atoms with E-state index in [0.29, 0.717) is 17.1 Å². The Balaban J connectivity index is 1.36. The molecule has 0 aliphatic rings. The van der Waals surface area contributed by atoms with Crippen LogP contribution in [0.1, 0.15) is 5.56 Å². The second-order valence-electron chi connectivity index (χ2n) is 7.33. The van der Waals surface area contributed by atoms with E-state index in [-0.39, 0.29) is 22.4 Å². The van der Waals surface area contributed by atoms with Gasteiger partial charge in [0.05, 0.1) is 12.7 Å². The summed E-state index contributed by atoms with van der Waals surface area (Å²) in [5.41, 5.74) is -0.535. The van der Waals surface area contributed by atoms with Gasteiger partial charge in [0.15, 0.2) is 17.4 Å². The number of carbonyl (C=O) groups is 2. The molecule has 0 saturated carbocycles. The van der Waals surface area contributed by atoms with Crippen molar-refractivity contribution in [2.75, 3.05) is 17.7 Å². The molecule has 0 fully saturated rings. The third-order valence-electron chi connectivity index (χ3n) is 4.78. The lowest BCUT2D eigenvalue weighted by Gasteiger charge is -2.10. The van der Waals surface area contributed by atoms with Gasteiger partial charge >= 0.3 is 18.0 Å². The number of amides is 2. The summed E-state index contributed by atoms with van der Waals surface area (Å²) in [6.45, 7) is 0. The smallest absolute Gasteiger partial charge is 0.416 e. The van der Waals surface area contributed by atoms with E-state index >= 15 is 0 Å². The monoisotopic (exact) mass is 532 g/mol. The first-order chi connectivity index (χ1) is 17.6. The Kier molecular flexibility index (Phi) is 7.34. The molecule has 0 bridgehead atoms. The molecule has 0 aliphatic carbocycles. The van der Waals surface area contributed by atoms with Crippen LogP contribution in [-0.4, -0.2) is 28.3 Å². The number of ether oxygens (including phenoxy) is 2. The highest BCUT2D eigenvalue weighted by Gasteiger charge is 2.30. The highest BCUT2D eigenvalue weighted by Crippen LogP contribution is 2.31. The van der Waals surface area contributed by atoms with Gasteiger partial charge in [0.25, 0.3) is 0 Å². The Morgan fingerprint density at radius 1 is 0.919 bits per heavy atom. The van der Waals surface area contributed by atoms with E-state index in [1.165, 1.54) is 31.4 Å². The predicted octanol–water partition coefficient (Wildman–Crippen LogP) is 5.74. The number of halogens is 4. The van der Waals surface area contributed by atoms with E-state index in [0.717, 1.165) is 29.7 Å². The lowest BCUT2D eigenvalue weighted by Crippen LogP contribution is -2.29. The first-order valence-corrected chi connectivity index (χ1v) is 11.1. The first kappa shape index (κ1) is 25.6. The second kappa shape index (κ2) is 10.6. The fourth-order valence-corrected chi connectivity index (χ4v) is 3.58. The van der Waals surface area contributed by atoms with Crippen LogP contribution in [0.5, 0.6) is 17.2 Å². The van der Waals surface area contributed by atoms with Gasteiger partial charge in [0.1, 0.15) is 11.5 Å². The lowest BCUT2D eigenvalue weighted by atomic mass is 10.1. The van der Waals surface area contributed by atoms with Gasteiger partial charge in [-0.1, -0.05) is 18.2 Å². The van der Waals surface area contributed by atoms with Crippen molar-refractivity contribution in [3.8, 4) is 28.6 Å². The van der Waals surface area contributed by atoms with Crippen molar-refractivity contribution in [2.24, 2.45) is 0 Å². The quantitative estimate of drug-likeness (QED) is 0.243. The van der Waals surface area contributed by atoms with Gasteiger partial charge in [-0.2, -0.15) is 22.5 Å². The number of benzene rings is 3. The number of nitrogens with one attached hydrogen (secondary N) is 2. The summed E-state index contributed by atoms with van der Waals surface area (Å²) in [5.74, 6) is -2.17. The van der Waals surface area contributed by atoms with E-state index in [1.807, 2.05) is 0 Å². The molecule has 4 rings (SSSR count). The minimum absolute atomic E-state index is 0.00153. The molecule has 1 aromatic heterocycles. The Bertz CT molecular complexity index is 1440. The molecule has 190 valence electrons. The average Bonchev–Trinajstić information content (AvgIpc) is 3.34. The molecule has 0 radical (unpaired) electrons. The largest absolute Gasteiger partial charge is 0.497 e. The van der Waals surface area contributed by atoms with Gasteiger partial charge in [-0.15, -0.1) is 0 Å². The zero-order chi connectivity index (χ0) is 26.6. The van der Waals surface area contributed by atoms with Crippen molar-refractivity contribution < 1.29 is 36.6 Å². The van der Waals surface area contributed by atoms with E-state index in [2.05, 4.69) is 20.0 Å². The second-order valence-corrected chi connectivity index (χ2v) is 8.08. The SMILES string of the molecule is COc1cccc(Oc2ccc(NC(=O)C(=O)Nc3nc(-c4ccc(C(F)(F)F)cc4)ns3)cc2F)c1. The normalized spacial score (nSPS) is 11.1. The molecule has 0 saturated heterocycles. The van der Waals surface area contributed by atoms with Gasteiger partial charge < -0.3 is 14.8 Å². The van der Waals surface area contributed by atoms with Crippen LogP contribution in [0.4, 0.5) is 28.4 Å². The highest BCUT2D eigenvalue weighted by atomic mass is 32.1. The zero-order valence-electron chi connectivity index (χ0n) is 18.8. The van der Waals surface area contributed by atoms with Crippen molar-refractivity contribution in [3.05, 3.63) is 78.1 Å². The molecular weight excluding hydrogens is 516 g/mol. The molecule has 2 amide bonds. The summed E-state index contributed by atoms with van der Waals surface area (Å²) < 4.78 is 67.2. The van der Waals surface area contributed by atoms with Crippen molar-refractivity contribution in [1.29, 1.82) is 0 Å². The number of alkyl halides is 3. The number of hydrogen-bond acceptors (Lipinski definition) is 7. The first-order valence-electron chi connectivity index (χ1n) is 10.4. The van der Waals surface area contributed by atoms with Crippen molar-refractivity contribution in [3.63, 3.8) is 0 Å². The minimum Gasteiger partial charge on any atom is -0.497 e. The van der Waals surface area contributed by atoms with Crippen LogP contribution in [0.3, 0.4) is 0 Å². The molecule has 1 heterocycles. The number of anilines is 2. The maximum absolute atomic E-state index is 14.5. The molecular formula is C24H16F4N4O4S. The minimum atomic E-state index is -4.48. The number of methoxy groups -OCH3 is 1. The molecule has 13 heteroatoms. The maximum Gasteiger partial charge on any atom is 0.416 e. The average molecular weight is 532 g/mol. The van der Waals surface area contributed by atoms with Crippen LogP contribution < -0.4 is 20.1 Å². The molecule has 4 aromatic rings. The summed E-state index contributed by atoms with van der Waals surface area (Å²) in [6, 6.07) is 14.3. The fourth-order valence-electron chi connectivity index (χ4n) is 2.99. The van der Waals surface area contributed by atoms with E-state index < -0.39 is 29.4 Å². The van der Waals surface area contributed by atoms with Gasteiger partial charge in [-0.3, -0.25) is 14.9 Å². The number of carbonyl (C=O) groups excluding carboxylic acids is 2. The number of rotatable bonds is 6. The van der Waals surface area contributed by atoms with Crippen molar-refractivity contribution in [2.45, 2.75) is 6.18 Å². The van der Waals surface area contributed by atoms with Gasteiger partial charge in [-0.25, -0.2) is 4.39 Å². The zero-order valence-corrected chi connectivity index (χ0v) is 19.6. The van der Waals surface area contributed by atoms with Crippen LogP contribution in [-0.2, 0) is 15.8 Å². The standard InChI is InChI=1S/C24H16F4N4O4S/c1-35-16-3-2-4-17(12-16)36-19-10-9-15(11-18(19)25)29-21(33)22(34)31-23-30-20(32-37-23)13-5-7-14(8-6-13)24(26,27)28/h2-12H,1H3,(H,29,33)(H,30,31,32,34). The van der Waals surface area contributed by atoms with Crippen LogP contribution in [0.2, 0.25) is 0 Å². The van der Waals surface area contributed by atoms with Gasteiger partial charge in [0.2, 0.25) is 5.13 Å². The van der Waals surface area contributed by atoms with Crippen LogP contribution in [0.15, 0.2) is 66.7 Å². The number of aromatic nitrogens is 2. The van der Waals surface area contributed by atoms with Gasteiger partial charge in [0, 0.05) is 34.9 Å². The molecule has 2 N–H and O–H groups in total. The molecule has 3 aromatic carbocycles. The Morgan fingerprint density at radius 3 is 2.30 bits per heavy atom. The fraction of sp³-hybridized carbons (Fsp3) is 0.0833. The maximum atomic E-state index is 14.5. The summed E-state index contributed by atoms with van der Waals surface area (Å²) in [4.78, 5) is 28.5. The molecule has 0 spiro atoms. The van der Waals surface area contributed by atoms with Gasteiger partial charge in [-0.05, 0) is 36.4 Å². The molecule has 37 heavy (non-hydrogen) atoms. The van der Waals surface area contributed by atoms with Crippen LogP contribution in [0, 0.1) is 5.82 Å². The summed E-state index contributed by atoms with van der Waals surface area (Å²) in [7, 11) is 1.48. The summed E-state index contributed by atoms with van der Waals surface area (Å²) in [5, 5.41) is 4.44. The molecule has 8 nitrogen and oxygen atoms in total. The lowest BCUT2D eigenvalue weighted by molar-refractivity contribution is -0.137. The molecule has 0 aliphatic heterocycles. The summed E-state index contributed by atoms with van der Waals surface area (Å²) >= 11 is 0.733. The topological polar surface area (TPSA) is 102 Å². The molecule has 0 unspecified atom stereocenters. The third kappa shape index (κ3) is 6.38. The third-order valence-corrected chi connectivity index (χ3v) is 5.41. The molecule has 0 atom stereocenters. The van der Waals surface area contributed by atoms with E-state index in [1.54, 1.807) is 24.3 Å². The highest BCUT2D eigenvalue weighted by molar-refractivity contribution is 7.10. The Labute approximate surface area is 211 Å². The van der Waals surface area contributed by atoms with Crippen LogP contribution in [0.25, 0.3) is 11.4 Å². The summed E-state index contributed by atoms with van der Waals surface area (Å²) in [6.07, 6.45) is -4.48. The van der Waals surface area contributed by atoms with Crippen LogP contribution >= 0.6 is 11.5 Å². The van der Waals surface area contributed by atoms with Crippen molar-refractivity contribution in [1.82, 2.24) is 9.36 Å². The van der Waals surface area contributed by atoms with E-state index in [9.17, 15) is 27.2 Å². The van der Waals surface area contributed by atoms with Crippen molar-refractivity contribution >= 4 is 34.2 Å². The Morgan fingerprint density at radius 2 is 1.62 bits per heavy atom.